The van der Waals surface area contributed by atoms with Crippen molar-refractivity contribution in [3.05, 3.63) is 0 Å². The Kier molecular flexibility index (Phi) is 14.1. The molecule has 2 rings (SSSR count). The molecule has 0 bridgehead atoms. The van der Waals surface area contributed by atoms with Gasteiger partial charge in [-0.1, -0.05) is 27.7 Å². The largest absolute Gasteiger partial charge is 0.481 e. The van der Waals surface area contributed by atoms with Crippen LogP contribution in [0.25, 0.3) is 0 Å². The van der Waals surface area contributed by atoms with Gasteiger partial charge in [0.2, 0.25) is 35.4 Å². The lowest BCUT2D eigenvalue weighted by atomic mass is 9.98. The van der Waals surface area contributed by atoms with Crippen molar-refractivity contribution in [1.82, 2.24) is 31.1 Å². The second-order valence-electron chi connectivity index (χ2n) is 12.9. The van der Waals surface area contributed by atoms with Gasteiger partial charge >= 0.3 is 11.9 Å². The first kappa shape index (κ1) is 38.9. The molecule has 0 aromatic carbocycles. The van der Waals surface area contributed by atoms with E-state index in [4.69, 9.17) is 10.8 Å². The van der Waals surface area contributed by atoms with Gasteiger partial charge in [-0.15, -0.1) is 0 Å². The predicted molar refractivity (Wildman–Crippen MR) is 166 cm³/mol. The van der Waals surface area contributed by atoms with E-state index in [9.17, 15) is 43.5 Å². The molecule has 17 nitrogen and oxygen atoms in total. The summed E-state index contributed by atoms with van der Waals surface area (Å²) in [7, 11) is 0. The number of hydrogen-bond acceptors (Lipinski definition) is 9. The number of amides is 6. The van der Waals surface area contributed by atoms with Gasteiger partial charge < -0.3 is 47.0 Å². The Balaban J connectivity index is 2.15. The molecular weight excluding hydrogens is 618 g/mol. The van der Waals surface area contributed by atoms with Gasteiger partial charge in [0, 0.05) is 13.1 Å². The lowest BCUT2D eigenvalue weighted by molar-refractivity contribution is -0.148. The van der Waals surface area contributed by atoms with Crippen LogP contribution in [0.5, 0.6) is 0 Å². The van der Waals surface area contributed by atoms with Crippen LogP contribution in [-0.2, 0) is 38.4 Å². The van der Waals surface area contributed by atoms with Crippen molar-refractivity contribution in [3.8, 4) is 0 Å². The van der Waals surface area contributed by atoms with Gasteiger partial charge in [-0.25, -0.2) is 4.79 Å². The second-order valence-corrected chi connectivity index (χ2v) is 12.9. The molecule has 47 heavy (non-hydrogen) atoms. The van der Waals surface area contributed by atoms with Crippen molar-refractivity contribution in [2.75, 3.05) is 13.1 Å². The quantitative estimate of drug-likeness (QED) is 0.102. The molecule has 0 aliphatic carbocycles. The normalized spacial score (nSPS) is 21.0. The summed E-state index contributed by atoms with van der Waals surface area (Å²) in [6, 6.07) is -7.58. The number of nitrogens with one attached hydrogen (secondary N) is 4. The molecule has 2 aliphatic rings. The van der Waals surface area contributed by atoms with Crippen molar-refractivity contribution in [3.63, 3.8) is 0 Å². The standard InChI is InChI=1S/C30H49N7O10/c1-14(2)22(34-26(42)20-10-7-11-36(20)28(44)17(6)32-24(40)16(5)31)27(43)35-23(15(3)4)29(45)37-12-8-9-19(37)25(41)33-18(30(46)47)13-21(38)39/h14-20,22-23H,7-13,31H2,1-6H3,(H,32,40)(H,33,41)(H,34,42)(H,35,43)(H,38,39)(H,46,47)/t16-,17-,18-,19-,20-,22-,23-/m0/s1. The Hall–Kier alpha value is -4.28. The third-order valence-electron chi connectivity index (χ3n) is 8.29. The van der Waals surface area contributed by atoms with E-state index < -0.39 is 108 Å². The minimum Gasteiger partial charge on any atom is -0.481 e. The van der Waals surface area contributed by atoms with Crippen LogP contribution in [0.1, 0.15) is 73.6 Å². The van der Waals surface area contributed by atoms with Gasteiger partial charge in [0.05, 0.1) is 12.5 Å². The number of rotatable bonds is 15. The van der Waals surface area contributed by atoms with Crippen molar-refractivity contribution in [1.29, 1.82) is 0 Å². The summed E-state index contributed by atoms with van der Waals surface area (Å²) in [5, 5.41) is 28.5. The smallest absolute Gasteiger partial charge is 0.326 e. The molecule has 0 unspecified atom stereocenters. The average molecular weight is 668 g/mol. The maximum atomic E-state index is 13.7. The third kappa shape index (κ3) is 10.4. The van der Waals surface area contributed by atoms with E-state index in [1.165, 1.54) is 23.6 Å². The summed E-state index contributed by atoms with van der Waals surface area (Å²) in [5.41, 5.74) is 5.58. The number of carbonyl (C=O) groups excluding carboxylic acids is 6. The van der Waals surface area contributed by atoms with Gasteiger partial charge in [-0.3, -0.25) is 33.6 Å². The van der Waals surface area contributed by atoms with Crippen molar-refractivity contribution in [2.24, 2.45) is 17.6 Å². The fourth-order valence-electron chi connectivity index (χ4n) is 5.62. The molecule has 0 spiro atoms. The first-order valence-corrected chi connectivity index (χ1v) is 15.9. The molecule has 2 saturated heterocycles. The highest BCUT2D eigenvalue weighted by Crippen LogP contribution is 2.22. The molecule has 2 fully saturated rings. The van der Waals surface area contributed by atoms with Crippen LogP contribution in [0.4, 0.5) is 0 Å². The first-order valence-electron chi connectivity index (χ1n) is 15.9. The Morgan fingerprint density at radius 3 is 1.62 bits per heavy atom. The number of likely N-dealkylation sites (tertiary alicyclic amines) is 2. The molecule has 0 aromatic rings. The zero-order valence-electron chi connectivity index (χ0n) is 27.8. The molecule has 6 amide bonds. The monoisotopic (exact) mass is 667 g/mol. The Morgan fingerprint density at radius 1 is 0.681 bits per heavy atom. The number of nitrogens with two attached hydrogens (primary N) is 1. The minimum absolute atomic E-state index is 0.158. The summed E-state index contributed by atoms with van der Waals surface area (Å²) >= 11 is 0. The minimum atomic E-state index is -1.68. The van der Waals surface area contributed by atoms with Gasteiger partial charge in [-0.05, 0) is 51.4 Å². The molecule has 8 N–H and O–H groups in total. The van der Waals surface area contributed by atoms with E-state index in [1.54, 1.807) is 27.7 Å². The van der Waals surface area contributed by atoms with Crippen LogP contribution >= 0.6 is 0 Å². The number of aliphatic carboxylic acids is 2. The van der Waals surface area contributed by atoms with E-state index in [2.05, 4.69) is 21.3 Å². The van der Waals surface area contributed by atoms with E-state index in [0.717, 1.165) is 0 Å². The number of carbonyl (C=O) groups is 8. The molecule has 17 heteroatoms. The summed E-state index contributed by atoms with van der Waals surface area (Å²) < 4.78 is 0. The van der Waals surface area contributed by atoms with Crippen LogP contribution in [0.3, 0.4) is 0 Å². The zero-order valence-corrected chi connectivity index (χ0v) is 27.8. The van der Waals surface area contributed by atoms with Crippen LogP contribution in [0, 0.1) is 11.8 Å². The van der Waals surface area contributed by atoms with E-state index in [-0.39, 0.29) is 19.5 Å². The van der Waals surface area contributed by atoms with Crippen LogP contribution in [0.15, 0.2) is 0 Å². The molecule has 0 radical (unpaired) electrons. The van der Waals surface area contributed by atoms with Gasteiger partial charge in [0.1, 0.15) is 36.3 Å². The number of hydrogen-bond donors (Lipinski definition) is 7. The van der Waals surface area contributed by atoms with Crippen LogP contribution in [0.2, 0.25) is 0 Å². The van der Waals surface area contributed by atoms with Crippen molar-refractivity contribution >= 4 is 47.4 Å². The molecular formula is C30H49N7O10. The van der Waals surface area contributed by atoms with E-state index in [1.807, 2.05) is 0 Å². The molecule has 2 heterocycles. The van der Waals surface area contributed by atoms with Crippen LogP contribution in [-0.4, -0.2) is 123 Å². The second kappa shape index (κ2) is 17.0. The fraction of sp³-hybridized carbons (Fsp3) is 0.733. The van der Waals surface area contributed by atoms with E-state index in [0.29, 0.717) is 19.3 Å². The number of nitrogens with zero attached hydrogens (tertiary/aromatic N) is 2. The summed E-state index contributed by atoms with van der Waals surface area (Å²) in [4.78, 5) is 104. The highest BCUT2D eigenvalue weighted by Gasteiger charge is 2.42. The lowest BCUT2D eigenvalue weighted by Gasteiger charge is -2.33. The molecule has 7 atom stereocenters. The highest BCUT2D eigenvalue weighted by molar-refractivity contribution is 5.97. The maximum absolute atomic E-state index is 13.7. The number of carboxylic acid groups (broad SMARTS) is 2. The Morgan fingerprint density at radius 2 is 1.17 bits per heavy atom. The average Bonchev–Trinajstić information content (AvgIpc) is 3.67. The molecule has 264 valence electrons. The maximum Gasteiger partial charge on any atom is 0.326 e. The molecule has 0 saturated carbocycles. The van der Waals surface area contributed by atoms with Gasteiger partial charge in [-0.2, -0.15) is 0 Å². The lowest BCUT2D eigenvalue weighted by Crippen LogP contribution is -2.61. The Labute approximate surface area is 273 Å². The SMILES string of the molecule is CC(C)[C@H](NC(=O)[C@@H]1CCCN1C(=O)[C@H](C)NC(=O)[C@H](C)N)C(=O)N[C@H](C(=O)N1CCC[C@H]1C(=O)N[C@@H](CC(=O)O)C(=O)O)C(C)C. The molecule has 0 aromatic heterocycles. The summed E-state index contributed by atoms with van der Waals surface area (Å²) in [5.74, 6) is -7.41. The Bertz CT molecular complexity index is 1220. The zero-order chi connectivity index (χ0) is 35.7. The van der Waals surface area contributed by atoms with Gasteiger partial charge in [0.15, 0.2) is 0 Å². The van der Waals surface area contributed by atoms with Crippen molar-refractivity contribution < 1.29 is 48.6 Å². The summed E-state index contributed by atoms with van der Waals surface area (Å²) in [6.45, 7) is 10.2. The first-order chi connectivity index (χ1) is 21.9. The molecule has 2 aliphatic heterocycles. The van der Waals surface area contributed by atoms with Crippen LogP contribution < -0.4 is 27.0 Å². The fourth-order valence-corrected chi connectivity index (χ4v) is 5.62. The van der Waals surface area contributed by atoms with Crippen molar-refractivity contribution in [2.45, 2.75) is 116 Å². The predicted octanol–water partition coefficient (Wildman–Crippen LogP) is -1.85. The highest BCUT2D eigenvalue weighted by atomic mass is 16.4. The topological polar surface area (TPSA) is 258 Å². The number of carboxylic acids is 2. The summed E-state index contributed by atoms with van der Waals surface area (Å²) in [6.07, 6.45) is 0.677. The third-order valence-corrected chi connectivity index (χ3v) is 8.29. The van der Waals surface area contributed by atoms with Gasteiger partial charge in [0.25, 0.3) is 0 Å². The van der Waals surface area contributed by atoms with E-state index >= 15 is 0 Å².